The predicted octanol–water partition coefficient (Wildman–Crippen LogP) is 1.06. The molecule has 1 fully saturated rings. The molecule has 0 atom stereocenters. The molecule has 0 N–H and O–H groups in total. The van der Waals surface area contributed by atoms with Crippen molar-refractivity contribution in [2.24, 2.45) is 0 Å². The van der Waals surface area contributed by atoms with Gasteiger partial charge in [0.2, 0.25) is 17.6 Å². The van der Waals surface area contributed by atoms with Gasteiger partial charge in [-0.1, -0.05) is 12.8 Å². The van der Waals surface area contributed by atoms with Gasteiger partial charge < -0.3 is 19.1 Å². The molecule has 2 aliphatic heterocycles. The van der Waals surface area contributed by atoms with E-state index in [1.165, 1.54) is 4.90 Å². The molecule has 3 heterocycles. The van der Waals surface area contributed by atoms with Gasteiger partial charge in [-0.05, 0) is 12.8 Å². The summed E-state index contributed by atoms with van der Waals surface area (Å²) < 4.78 is 44.7. The molecule has 0 aromatic carbocycles. The molecule has 11 heteroatoms. The first kappa shape index (κ1) is 19.6. The Labute approximate surface area is 154 Å². The predicted molar refractivity (Wildman–Crippen MR) is 86.3 cm³/mol. The minimum absolute atomic E-state index is 0.0321. The molecular weight excluding hydrogens is 367 g/mol. The minimum atomic E-state index is -4.58. The van der Waals surface area contributed by atoms with Crippen LogP contribution in [0.3, 0.4) is 0 Å². The topological polar surface area (TPSA) is 80.6 Å². The van der Waals surface area contributed by atoms with E-state index in [1.54, 1.807) is 4.90 Å². The third-order valence-electron chi connectivity index (χ3n) is 4.77. The van der Waals surface area contributed by atoms with Gasteiger partial charge in [-0.2, -0.15) is 13.2 Å². The van der Waals surface area contributed by atoms with Crippen molar-refractivity contribution >= 4 is 11.8 Å². The van der Waals surface area contributed by atoms with Gasteiger partial charge in [0.15, 0.2) is 5.82 Å². The Hall–Kier alpha value is -2.17. The fourth-order valence-corrected chi connectivity index (χ4v) is 3.31. The van der Waals surface area contributed by atoms with Crippen LogP contribution in [-0.4, -0.2) is 69.2 Å². The first-order chi connectivity index (χ1) is 12.9. The lowest BCUT2D eigenvalue weighted by molar-refractivity contribution is -0.148. The van der Waals surface area contributed by atoms with Crippen molar-refractivity contribution in [1.29, 1.82) is 0 Å². The van der Waals surface area contributed by atoms with Crippen molar-refractivity contribution in [3.05, 3.63) is 11.6 Å². The monoisotopic (exact) mass is 389 g/mol. The highest BCUT2D eigenvalue weighted by atomic mass is 19.4. The first-order valence-electron chi connectivity index (χ1n) is 8.99. The highest BCUT2D eigenvalue weighted by molar-refractivity contribution is 5.79. The van der Waals surface area contributed by atoms with Gasteiger partial charge in [0.25, 0.3) is 0 Å². The zero-order chi connectivity index (χ0) is 19.4. The largest absolute Gasteiger partial charge is 0.451 e. The second-order valence-corrected chi connectivity index (χ2v) is 6.69. The summed E-state index contributed by atoms with van der Waals surface area (Å²) in [5, 5.41) is 6.71. The summed E-state index contributed by atoms with van der Waals surface area (Å²) in [4.78, 5) is 27.4. The number of carbonyl (C=O) groups is 2. The fraction of sp³-hybridized carbons (Fsp3) is 0.750. The lowest BCUT2D eigenvalue weighted by Gasteiger charge is -2.28. The van der Waals surface area contributed by atoms with Gasteiger partial charge in [-0.25, -0.2) is 0 Å². The van der Waals surface area contributed by atoms with E-state index in [-0.39, 0.29) is 50.5 Å². The summed E-state index contributed by atoms with van der Waals surface area (Å²) in [5.41, 5.74) is 0. The molecule has 1 saturated heterocycles. The van der Waals surface area contributed by atoms with E-state index in [0.29, 0.717) is 13.1 Å². The quantitative estimate of drug-likeness (QED) is 0.769. The highest BCUT2D eigenvalue weighted by Gasteiger charge is 2.39. The summed E-state index contributed by atoms with van der Waals surface area (Å²) >= 11 is 0. The molecule has 0 spiro atoms. The van der Waals surface area contributed by atoms with Crippen LogP contribution < -0.4 is 0 Å². The Morgan fingerprint density at radius 2 is 1.52 bits per heavy atom. The molecule has 27 heavy (non-hydrogen) atoms. The van der Waals surface area contributed by atoms with Crippen LogP contribution in [0.1, 0.15) is 37.3 Å². The Kier molecular flexibility index (Phi) is 5.98. The van der Waals surface area contributed by atoms with Crippen LogP contribution in [0, 0.1) is 0 Å². The van der Waals surface area contributed by atoms with Gasteiger partial charge in [-0.3, -0.25) is 9.59 Å². The number of likely N-dealkylation sites (tertiary alicyclic amines) is 1. The number of halogens is 3. The van der Waals surface area contributed by atoms with E-state index in [4.69, 9.17) is 4.74 Å². The Balaban J connectivity index is 1.47. The number of nitrogens with zero attached hydrogens (tertiary/aromatic N) is 5. The second kappa shape index (κ2) is 8.24. The molecule has 150 valence electrons. The Bertz CT molecular complexity index is 683. The van der Waals surface area contributed by atoms with Gasteiger partial charge in [0.05, 0.1) is 6.54 Å². The molecule has 0 saturated carbocycles. The summed E-state index contributed by atoms with van der Waals surface area (Å²) in [6, 6.07) is 0. The summed E-state index contributed by atoms with van der Waals surface area (Å²) in [6.07, 6.45) is -0.413. The molecule has 1 aromatic rings. The maximum Gasteiger partial charge on any atom is 0.451 e. The van der Waals surface area contributed by atoms with Crippen molar-refractivity contribution in [1.82, 2.24) is 24.6 Å². The van der Waals surface area contributed by atoms with Crippen LogP contribution in [0.5, 0.6) is 0 Å². The van der Waals surface area contributed by atoms with Gasteiger partial charge in [0.1, 0.15) is 13.2 Å². The molecule has 0 bridgehead atoms. The van der Waals surface area contributed by atoms with E-state index in [2.05, 4.69) is 10.2 Å². The van der Waals surface area contributed by atoms with E-state index < -0.39 is 12.0 Å². The fourth-order valence-electron chi connectivity index (χ4n) is 3.31. The highest BCUT2D eigenvalue weighted by Crippen LogP contribution is 2.29. The summed E-state index contributed by atoms with van der Waals surface area (Å²) in [7, 11) is 0. The van der Waals surface area contributed by atoms with Crippen molar-refractivity contribution in [2.45, 2.75) is 44.9 Å². The molecule has 2 aliphatic rings. The number of hydrogen-bond acceptors (Lipinski definition) is 5. The number of carbonyl (C=O) groups excluding carboxylic acids is 2. The number of ether oxygens (including phenoxy) is 1. The van der Waals surface area contributed by atoms with Crippen LogP contribution in [0.15, 0.2) is 0 Å². The number of fused-ring (bicyclic) bond motifs is 1. The second-order valence-electron chi connectivity index (χ2n) is 6.69. The van der Waals surface area contributed by atoms with Gasteiger partial charge >= 0.3 is 6.18 Å². The SMILES string of the molecule is O=C(COCC(=O)N1CCn2c(nnc2C(F)(F)F)C1)N1CCCCCC1. The van der Waals surface area contributed by atoms with Crippen LogP contribution >= 0.6 is 0 Å². The smallest absolute Gasteiger partial charge is 0.362 e. The maximum atomic E-state index is 12.8. The maximum absolute atomic E-state index is 12.8. The molecule has 0 radical (unpaired) electrons. The van der Waals surface area contributed by atoms with E-state index in [9.17, 15) is 22.8 Å². The number of alkyl halides is 3. The normalized spacial score (nSPS) is 18.2. The van der Waals surface area contributed by atoms with Gasteiger partial charge in [-0.15, -0.1) is 10.2 Å². The Morgan fingerprint density at radius 3 is 2.15 bits per heavy atom. The lowest BCUT2D eigenvalue weighted by Crippen LogP contribution is -2.42. The third kappa shape index (κ3) is 4.76. The number of amides is 2. The first-order valence-corrected chi connectivity index (χ1v) is 8.99. The molecule has 1 aromatic heterocycles. The van der Waals surface area contributed by atoms with Crippen LogP contribution in [0.2, 0.25) is 0 Å². The van der Waals surface area contributed by atoms with Crippen molar-refractivity contribution < 1.29 is 27.5 Å². The third-order valence-corrected chi connectivity index (χ3v) is 4.77. The number of aromatic nitrogens is 3. The molecule has 0 unspecified atom stereocenters. The number of hydrogen-bond donors (Lipinski definition) is 0. The lowest BCUT2D eigenvalue weighted by atomic mass is 10.2. The zero-order valence-electron chi connectivity index (χ0n) is 14.9. The number of rotatable bonds is 4. The van der Waals surface area contributed by atoms with Gasteiger partial charge in [0, 0.05) is 26.2 Å². The minimum Gasteiger partial charge on any atom is -0.362 e. The van der Waals surface area contributed by atoms with E-state index in [1.807, 2.05) is 0 Å². The van der Waals surface area contributed by atoms with Crippen molar-refractivity contribution in [3.63, 3.8) is 0 Å². The van der Waals surface area contributed by atoms with Crippen molar-refractivity contribution in [2.75, 3.05) is 32.8 Å². The average molecular weight is 389 g/mol. The standard InChI is InChI=1S/C16H22F3N5O3/c17-16(18,19)15-21-20-12-9-23(7-8-24(12)15)14(26)11-27-10-13(25)22-5-3-1-2-4-6-22/h1-11H2. The molecular formula is C16H22F3N5O3. The summed E-state index contributed by atoms with van der Waals surface area (Å²) in [5.74, 6) is -1.49. The van der Waals surface area contributed by atoms with E-state index >= 15 is 0 Å². The van der Waals surface area contributed by atoms with Crippen LogP contribution in [0.4, 0.5) is 13.2 Å². The summed E-state index contributed by atoms with van der Waals surface area (Å²) in [6.45, 7) is 0.962. The van der Waals surface area contributed by atoms with Crippen LogP contribution in [-0.2, 0) is 33.6 Å². The van der Waals surface area contributed by atoms with E-state index in [0.717, 1.165) is 30.3 Å². The molecule has 2 amide bonds. The molecule has 3 rings (SSSR count). The van der Waals surface area contributed by atoms with Crippen LogP contribution in [0.25, 0.3) is 0 Å². The zero-order valence-corrected chi connectivity index (χ0v) is 14.9. The molecule has 8 nitrogen and oxygen atoms in total. The Morgan fingerprint density at radius 1 is 0.889 bits per heavy atom. The molecule has 0 aliphatic carbocycles. The van der Waals surface area contributed by atoms with Crippen molar-refractivity contribution in [3.8, 4) is 0 Å². The average Bonchev–Trinajstić information content (AvgIpc) is 2.87.